The van der Waals surface area contributed by atoms with Crippen LogP contribution in [0.3, 0.4) is 0 Å². The Morgan fingerprint density at radius 2 is 0.750 bits per heavy atom. The van der Waals surface area contributed by atoms with Crippen LogP contribution in [0, 0.1) is 0 Å². The van der Waals surface area contributed by atoms with Crippen LogP contribution in [0.4, 0.5) is 0 Å². The van der Waals surface area contributed by atoms with Crippen LogP contribution in [0.15, 0.2) is 0 Å². The Hall–Kier alpha value is 2.56. The molecule has 0 aromatic rings. The second-order valence-electron chi connectivity index (χ2n) is 1.76. The Morgan fingerprint density at radius 3 is 0.750 bits per heavy atom. The van der Waals surface area contributed by atoms with Gasteiger partial charge in [-0.15, -0.1) is 0 Å². The molecule has 8 heavy (non-hydrogen) atoms. The summed E-state index contributed by atoms with van der Waals surface area (Å²) in [5.41, 5.74) is 0. The summed E-state index contributed by atoms with van der Waals surface area (Å²) in [6.07, 6.45) is 0. The molecule has 0 rings (SSSR count). The molecular weight excluding hydrogens is 445 g/mol. The van der Waals surface area contributed by atoms with Gasteiger partial charge in [0.2, 0.25) is 0 Å². The van der Waals surface area contributed by atoms with Crippen molar-refractivity contribution in [1.82, 2.24) is 0 Å². The van der Waals surface area contributed by atoms with Crippen molar-refractivity contribution >= 4 is 60.5 Å². The molecule has 2 radical (unpaired) electrons. The zero-order valence-electron chi connectivity index (χ0n) is 5.76. The van der Waals surface area contributed by atoms with Crippen molar-refractivity contribution in [1.29, 1.82) is 0 Å². The zero-order valence-corrected chi connectivity index (χ0v) is 14.6. The predicted octanol–water partition coefficient (Wildman–Crippen LogP) is 3.26. The van der Waals surface area contributed by atoms with Crippen molar-refractivity contribution in [3.05, 3.63) is 0 Å². The molecule has 0 N–H and O–H groups in total. The van der Waals surface area contributed by atoms with E-state index >= 15 is 0 Å². The van der Waals surface area contributed by atoms with E-state index in [-0.39, 0.29) is 0 Å². The van der Waals surface area contributed by atoms with Crippen LogP contribution in [0.1, 0.15) is 0 Å². The summed E-state index contributed by atoms with van der Waals surface area (Å²) in [5, 5.41) is 0. The fourth-order valence-electron chi connectivity index (χ4n) is 0. The van der Waals surface area contributed by atoms with E-state index in [9.17, 15) is 0 Å². The summed E-state index contributed by atoms with van der Waals surface area (Å²) in [6, 6.07) is 0. The molecule has 0 heterocycles. The fraction of sp³-hybridized carbons (Fsp3) is 1.00. The Bertz CT molecular complexity index is 27.5. The summed E-state index contributed by atoms with van der Waals surface area (Å²) in [5.74, 6) is 0. The molecule has 0 amide bonds. The van der Waals surface area contributed by atoms with Crippen LogP contribution < -0.4 is 0 Å². The third-order valence-electron chi connectivity index (χ3n) is 0. The second-order valence-corrected chi connectivity index (χ2v) is 33.1. The summed E-state index contributed by atoms with van der Waals surface area (Å²) < 4.78 is 0. The van der Waals surface area contributed by atoms with Crippen molar-refractivity contribution in [2.24, 2.45) is 0 Å². The van der Waals surface area contributed by atoms with Gasteiger partial charge in [0.05, 0.1) is 0 Å². The molecule has 0 atom stereocenters. The molecular formula is C4H12Br2Sn2. The molecule has 0 aromatic carbocycles. The van der Waals surface area contributed by atoms with Crippen molar-refractivity contribution in [2.45, 2.75) is 19.8 Å². The van der Waals surface area contributed by atoms with Gasteiger partial charge in [-0.25, -0.2) is 0 Å². The third kappa shape index (κ3) is 74.7. The molecule has 0 fully saturated rings. The van der Waals surface area contributed by atoms with Gasteiger partial charge in [0.25, 0.3) is 0 Å². The predicted molar refractivity (Wildman–Crippen MR) is 52.8 cm³/mol. The van der Waals surface area contributed by atoms with Crippen LogP contribution in [-0.2, 0) is 0 Å². The summed E-state index contributed by atoms with van der Waals surface area (Å²) in [4.78, 5) is 9.12. The number of hydrogen-bond acceptors (Lipinski definition) is 0. The van der Waals surface area contributed by atoms with Crippen molar-refractivity contribution in [3.63, 3.8) is 0 Å². The molecule has 0 aromatic heterocycles. The first-order valence-electron chi connectivity index (χ1n) is 2.38. The molecule has 0 aliphatic carbocycles. The summed E-state index contributed by atoms with van der Waals surface area (Å²) in [7, 11) is 0. The molecule has 0 bridgehead atoms. The summed E-state index contributed by atoms with van der Waals surface area (Å²) in [6.45, 7) is 0. The van der Waals surface area contributed by atoms with E-state index in [1.807, 2.05) is 0 Å². The summed E-state index contributed by atoms with van der Waals surface area (Å²) >= 11 is 5.47. The average Bonchev–Trinajstić information content (AvgIpc) is 1.25. The molecule has 0 saturated heterocycles. The third-order valence-corrected chi connectivity index (χ3v) is 0. The van der Waals surface area contributed by atoms with E-state index in [1.165, 1.54) is 0 Å². The maximum atomic E-state index is 3.47. The number of rotatable bonds is 0. The standard InChI is InChI=1S/4CH3.2BrH.2Sn/h4*1H3;2*1H;;/q;;;;;;2*+1/p-2. The molecule has 0 unspecified atom stereocenters. The molecule has 50 valence electrons. The van der Waals surface area contributed by atoms with E-state index in [1.54, 1.807) is 0 Å². The Balaban J connectivity index is 0. The van der Waals surface area contributed by atoms with E-state index in [2.05, 4.69) is 45.2 Å². The maximum absolute atomic E-state index is 3.47. The van der Waals surface area contributed by atoms with Crippen LogP contribution in [-0.4, -0.2) is 35.1 Å². The van der Waals surface area contributed by atoms with E-state index in [0.717, 1.165) is 0 Å². The van der Waals surface area contributed by atoms with Gasteiger partial charge in [0.15, 0.2) is 0 Å². The average molecular weight is 457 g/mol. The quantitative estimate of drug-likeness (QED) is 0.490. The molecule has 0 nitrogen and oxygen atoms in total. The van der Waals surface area contributed by atoms with Gasteiger partial charge in [0, 0.05) is 0 Å². The second kappa shape index (κ2) is 9.56. The SMILES string of the molecule is [CH3][Sn]([CH3])[Br].[CH3][Sn]([CH3])[Br]. The molecule has 0 spiro atoms. The van der Waals surface area contributed by atoms with Gasteiger partial charge < -0.3 is 0 Å². The van der Waals surface area contributed by atoms with Gasteiger partial charge in [-0.1, -0.05) is 0 Å². The number of halogens is 2. The molecule has 0 saturated carbocycles. The molecule has 0 aliphatic heterocycles. The van der Waals surface area contributed by atoms with E-state index in [4.69, 9.17) is 0 Å². The number of hydrogen-bond donors (Lipinski definition) is 0. The topological polar surface area (TPSA) is 0 Å². The van der Waals surface area contributed by atoms with Crippen LogP contribution >= 0.6 is 25.4 Å². The first kappa shape index (κ1) is 13.2. The van der Waals surface area contributed by atoms with Gasteiger partial charge >= 0.3 is 80.2 Å². The Kier molecular flexibility index (Phi) is 15.7. The van der Waals surface area contributed by atoms with Crippen molar-refractivity contribution in [2.75, 3.05) is 0 Å². The first-order chi connectivity index (χ1) is 3.46. The zero-order chi connectivity index (χ0) is 7.15. The van der Waals surface area contributed by atoms with Crippen LogP contribution in [0.2, 0.25) is 19.8 Å². The monoisotopic (exact) mass is 458 g/mol. The normalized spacial score (nSPS) is 9.00. The van der Waals surface area contributed by atoms with Gasteiger partial charge in [-0.05, 0) is 0 Å². The van der Waals surface area contributed by atoms with Gasteiger partial charge in [0.1, 0.15) is 0 Å². The van der Waals surface area contributed by atoms with Gasteiger partial charge in [-0.2, -0.15) is 0 Å². The van der Waals surface area contributed by atoms with Crippen molar-refractivity contribution in [3.8, 4) is 0 Å². The Labute approximate surface area is 78.8 Å². The van der Waals surface area contributed by atoms with Gasteiger partial charge in [-0.3, -0.25) is 0 Å². The van der Waals surface area contributed by atoms with E-state index in [0.29, 0.717) is 0 Å². The van der Waals surface area contributed by atoms with Crippen molar-refractivity contribution < 1.29 is 0 Å². The first-order valence-corrected chi connectivity index (χ1v) is 26.6. The van der Waals surface area contributed by atoms with E-state index < -0.39 is 35.1 Å². The molecule has 0 aliphatic rings. The van der Waals surface area contributed by atoms with Crippen LogP contribution in [0.25, 0.3) is 0 Å². The minimum atomic E-state index is -0.731. The molecule has 4 heteroatoms. The fourth-order valence-corrected chi connectivity index (χ4v) is 0. The van der Waals surface area contributed by atoms with Crippen LogP contribution in [0.5, 0.6) is 0 Å². The minimum absolute atomic E-state index is 0.731. The Morgan fingerprint density at radius 1 is 0.750 bits per heavy atom.